The van der Waals surface area contributed by atoms with E-state index in [4.69, 9.17) is 5.11 Å². The molecule has 18 heavy (non-hydrogen) atoms. The molecule has 0 heterocycles. The van der Waals surface area contributed by atoms with Crippen LogP contribution in [0.15, 0.2) is 29.2 Å². The zero-order valence-electron chi connectivity index (χ0n) is 10.1. The Morgan fingerprint density at radius 2 is 2.06 bits per heavy atom. The smallest absolute Gasteiger partial charge is 0.326 e. The molecular formula is C11H15NO5S. The molecule has 1 unspecified atom stereocenters. The molecule has 6 nitrogen and oxygen atoms in total. The van der Waals surface area contributed by atoms with Gasteiger partial charge in [0.1, 0.15) is 6.04 Å². The van der Waals surface area contributed by atoms with Gasteiger partial charge in [-0.15, -0.1) is 0 Å². The van der Waals surface area contributed by atoms with Crippen molar-refractivity contribution in [2.75, 3.05) is 13.7 Å². The maximum atomic E-state index is 12.0. The van der Waals surface area contributed by atoms with Crippen LogP contribution < -0.4 is 4.72 Å². The molecule has 0 aromatic heterocycles. The molecule has 0 radical (unpaired) electrons. The summed E-state index contributed by atoms with van der Waals surface area (Å²) in [5.41, 5.74) is 0.548. The Hall–Kier alpha value is -1.44. The second kappa shape index (κ2) is 5.94. The molecule has 0 fully saturated rings. The molecule has 1 rings (SSSR count). The van der Waals surface area contributed by atoms with Crippen LogP contribution in [0.1, 0.15) is 5.56 Å². The first-order chi connectivity index (χ1) is 8.42. The summed E-state index contributed by atoms with van der Waals surface area (Å²) in [4.78, 5) is 11.3. The third-order valence-corrected chi connectivity index (χ3v) is 3.98. The van der Waals surface area contributed by atoms with E-state index in [1.54, 1.807) is 25.1 Å². The maximum absolute atomic E-state index is 12.0. The fourth-order valence-corrected chi connectivity index (χ4v) is 2.83. The molecule has 0 aliphatic rings. The number of rotatable bonds is 5. The lowest BCUT2D eigenvalue weighted by molar-refractivity contribution is -0.143. The van der Waals surface area contributed by atoms with Crippen molar-refractivity contribution in [3.05, 3.63) is 29.8 Å². The van der Waals surface area contributed by atoms with Gasteiger partial charge in [-0.2, -0.15) is 4.72 Å². The lowest BCUT2D eigenvalue weighted by Crippen LogP contribution is -2.44. The first-order valence-corrected chi connectivity index (χ1v) is 6.67. The minimum Gasteiger partial charge on any atom is -0.468 e. The van der Waals surface area contributed by atoms with Crippen molar-refractivity contribution in [3.63, 3.8) is 0 Å². The Bertz CT molecular complexity index is 526. The Labute approximate surface area is 106 Å². The Morgan fingerprint density at radius 1 is 1.44 bits per heavy atom. The molecule has 0 bridgehead atoms. The van der Waals surface area contributed by atoms with Crippen LogP contribution in [0.3, 0.4) is 0 Å². The highest BCUT2D eigenvalue weighted by Gasteiger charge is 2.26. The Kier molecular flexibility index (Phi) is 4.83. The highest BCUT2D eigenvalue weighted by Crippen LogP contribution is 2.14. The quantitative estimate of drug-likeness (QED) is 0.725. The number of esters is 1. The SMILES string of the molecule is COC(=O)C(CO)NS(=O)(=O)c1ccccc1C. The molecule has 7 heteroatoms. The van der Waals surface area contributed by atoms with Crippen LogP contribution in [0.2, 0.25) is 0 Å². The molecule has 1 atom stereocenters. The molecule has 0 saturated carbocycles. The van der Waals surface area contributed by atoms with Gasteiger partial charge in [0.2, 0.25) is 10.0 Å². The van der Waals surface area contributed by atoms with Crippen LogP contribution in [-0.4, -0.2) is 39.3 Å². The number of methoxy groups -OCH3 is 1. The minimum absolute atomic E-state index is 0.0624. The van der Waals surface area contributed by atoms with Crippen molar-refractivity contribution in [3.8, 4) is 0 Å². The van der Waals surface area contributed by atoms with Gasteiger partial charge in [-0.3, -0.25) is 4.79 Å². The van der Waals surface area contributed by atoms with Gasteiger partial charge >= 0.3 is 5.97 Å². The summed E-state index contributed by atoms with van der Waals surface area (Å²) in [5.74, 6) is -0.838. The molecule has 1 aromatic rings. The topological polar surface area (TPSA) is 92.7 Å². The number of hydrogen-bond donors (Lipinski definition) is 2. The van der Waals surface area contributed by atoms with Crippen molar-refractivity contribution >= 4 is 16.0 Å². The number of carbonyl (C=O) groups excluding carboxylic acids is 1. The van der Waals surface area contributed by atoms with Crippen LogP contribution in [0.4, 0.5) is 0 Å². The number of sulfonamides is 1. The molecule has 0 aliphatic heterocycles. The number of hydrogen-bond acceptors (Lipinski definition) is 5. The molecule has 0 spiro atoms. The molecule has 0 amide bonds. The van der Waals surface area contributed by atoms with E-state index in [-0.39, 0.29) is 4.90 Å². The average molecular weight is 273 g/mol. The van der Waals surface area contributed by atoms with Crippen molar-refractivity contribution in [2.45, 2.75) is 17.9 Å². The van der Waals surface area contributed by atoms with Gasteiger partial charge in [-0.25, -0.2) is 8.42 Å². The lowest BCUT2D eigenvalue weighted by Gasteiger charge is -2.15. The van der Waals surface area contributed by atoms with Gasteiger partial charge in [0.25, 0.3) is 0 Å². The van der Waals surface area contributed by atoms with Crippen molar-refractivity contribution in [1.29, 1.82) is 0 Å². The normalized spacial score (nSPS) is 13.1. The summed E-state index contributed by atoms with van der Waals surface area (Å²) in [6.45, 7) is 0.971. The van der Waals surface area contributed by atoms with Crippen LogP contribution >= 0.6 is 0 Å². The first kappa shape index (κ1) is 14.6. The molecule has 1 aromatic carbocycles. The van der Waals surface area contributed by atoms with Crippen molar-refractivity contribution < 1.29 is 23.1 Å². The van der Waals surface area contributed by atoms with Crippen LogP contribution in [0.25, 0.3) is 0 Å². The van der Waals surface area contributed by atoms with Crippen LogP contribution in [-0.2, 0) is 19.6 Å². The Balaban J connectivity index is 3.02. The monoisotopic (exact) mass is 273 g/mol. The summed E-state index contributed by atoms with van der Waals surface area (Å²) in [6, 6.07) is 5.04. The molecule has 100 valence electrons. The highest BCUT2D eigenvalue weighted by molar-refractivity contribution is 7.89. The van der Waals surface area contributed by atoms with E-state index in [1.807, 2.05) is 0 Å². The fourth-order valence-electron chi connectivity index (χ4n) is 1.41. The number of aryl methyl sites for hydroxylation is 1. The molecule has 0 saturated heterocycles. The van der Waals surface area contributed by atoms with Gasteiger partial charge in [0.05, 0.1) is 18.6 Å². The van der Waals surface area contributed by atoms with E-state index in [9.17, 15) is 13.2 Å². The summed E-state index contributed by atoms with van der Waals surface area (Å²) < 4.78 is 30.5. The van der Waals surface area contributed by atoms with Gasteiger partial charge in [-0.05, 0) is 18.6 Å². The number of ether oxygens (including phenoxy) is 1. The second-order valence-corrected chi connectivity index (χ2v) is 5.33. The molecular weight excluding hydrogens is 258 g/mol. The second-order valence-electron chi connectivity index (χ2n) is 3.65. The van der Waals surface area contributed by atoms with Crippen LogP contribution in [0.5, 0.6) is 0 Å². The number of nitrogens with one attached hydrogen (secondary N) is 1. The van der Waals surface area contributed by atoms with E-state index in [0.717, 1.165) is 7.11 Å². The maximum Gasteiger partial charge on any atom is 0.326 e. The molecule has 2 N–H and O–H groups in total. The third-order valence-electron chi connectivity index (χ3n) is 2.35. The number of benzene rings is 1. The zero-order valence-corrected chi connectivity index (χ0v) is 10.9. The summed E-state index contributed by atoms with van der Waals surface area (Å²) in [6.07, 6.45) is 0. The lowest BCUT2D eigenvalue weighted by atomic mass is 10.2. The van der Waals surface area contributed by atoms with Gasteiger partial charge in [0.15, 0.2) is 0 Å². The largest absolute Gasteiger partial charge is 0.468 e. The average Bonchev–Trinajstić information content (AvgIpc) is 2.35. The van der Waals surface area contributed by atoms with E-state index >= 15 is 0 Å². The van der Waals surface area contributed by atoms with Gasteiger partial charge < -0.3 is 9.84 Å². The van der Waals surface area contributed by atoms with E-state index in [0.29, 0.717) is 5.56 Å². The summed E-state index contributed by atoms with van der Waals surface area (Å²) in [7, 11) is -2.75. The number of carbonyl (C=O) groups is 1. The number of aliphatic hydroxyl groups excluding tert-OH is 1. The fraction of sp³-hybridized carbons (Fsp3) is 0.364. The van der Waals surface area contributed by atoms with Crippen molar-refractivity contribution in [1.82, 2.24) is 4.72 Å². The standard InChI is InChI=1S/C11H15NO5S/c1-8-5-3-4-6-10(8)18(15,16)12-9(7-13)11(14)17-2/h3-6,9,12-13H,7H2,1-2H3. The predicted octanol–water partition coefficient (Wildman–Crippen LogP) is -0.193. The van der Waals surface area contributed by atoms with E-state index < -0.39 is 28.6 Å². The summed E-state index contributed by atoms with van der Waals surface area (Å²) in [5, 5.41) is 8.98. The van der Waals surface area contributed by atoms with E-state index in [1.165, 1.54) is 6.07 Å². The minimum atomic E-state index is -3.87. The zero-order chi connectivity index (χ0) is 13.8. The molecule has 0 aliphatic carbocycles. The number of aliphatic hydroxyl groups is 1. The van der Waals surface area contributed by atoms with E-state index in [2.05, 4.69) is 9.46 Å². The van der Waals surface area contributed by atoms with Crippen molar-refractivity contribution in [2.24, 2.45) is 0 Å². The van der Waals surface area contributed by atoms with Gasteiger partial charge in [0, 0.05) is 0 Å². The Morgan fingerprint density at radius 3 is 2.56 bits per heavy atom. The predicted molar refractivity (Wildman–Crippen MR) is 64.4 cm³/mol. The van der Waals surface area contributed by atoms with Gasteiger partial charge in [-0.1, -0.05) is 18.2 Å². The van der Waals surface area contributed by atoms with Crippen LogP contribution in [0, 0.1) is 6.92 Å². The highest BCUT2D eigenvalue weighted by atomic mass is 32.2. The third kappa shape index (κ3) is 3.28. The summed E-state index contributed by atoms with van der Waals surface area (Å²) >= 11 is 0. The first-order valence-electron chi connectivity index (χ1n) is 5.19.